The summed E-state index contributed by atoms with van der Waals surface area (Å²) < 4.78 is 48.9. The molecule has 0 aliphatic heterocycles. The van der Waals surface area contributed by atoms with E-state index < -0.39 is 11.7 Å². The molecule has 0 fully saturated rings. The molecule has 34 heavy (non-hydrogen) atoms. The SMILES string of the molecule is CC[C@@H](COc1ccc(C(F)(F)F)cn1)N(CC)C(=O)c1ccccc1-c1cnc(OC)nc1. The number of methoxy groups -OCH3 is 1. The van der Waals surface area contributed by atoms with Crippen LogP contribution in [0.4, 0.5) is 13.2 Å². The molecule has 3 rings (SSSR count). The monoisotopic (exact) mass is 474 g/mol. The Balaban J connectivity index is 1.78. The Kier molecular flexibility index (Phi) is 8.04. The lowest BCUT2D eigenvalue weighted by atomic mass is 10.0. The number of amides is 1. The first-order valence-corrected chi connectivity index (χ1v) is 10.7. The molecule has 0 unspecified atom stereocenters. The maximum atomic E-state index is 13.5. The fourth-order valence-electron chi connectivity index (χ4n) is 3.45. The highest BCUT2D eigenvalue weighted by molar-refractivity contribution is 6.01. The Morgan fingerprint density at radius 3 is 2.29 bits per heavy atom. The number of benzene rings is 1. The van der Waals surface area contributed by atoms with Crippen molar-refractivity contribution in [3.05, 3.63) is 66.1 Å². The van der Waals surface area contributed by atoms with E-state index >= 15 is 0 Å². The van der Waals surface area contributed by atoms with Crippen molar-refractivity contribution in [2.75, 3.05) is 20.3 Å². The lowest BCUT2D eigenvalue weighted by Gasteiger charge is -2.30. The van der Waals surface area contributed by atoms with Crippen LogP contribution in [0.25, 0.3) is 11.1 Å². The van der Waals surface area contributed by atoms with Crippen LogP contribution in [0.5, 0.6) is 11.9 Å². The Labute approximate surface area is 195 Å². The second-order valence-electron chi connectivity index (χ2n) is 7.35. The van der Waals surface area contributed by atoms with Crippen LogP contribution in [0.1, 0.15) is 36.2 Å². The van der Waals surface area contributed by atoms with Crippen molar-refractivity contribution in [1.29, 1.82) is 0 Å². The predicted molar refractivity (Wildman–Crippen MR) is 120 cm³/mol. The zero-order valence-corrected chi connectivity index (χ0v) is 19.0. The van der Waals surface area contributed by atoms with Gasteiger partial charge in [-0.1, -0.05) is 25.1 Å². The first kappa shape index (κ1) is 24.9. The van der Waals surface area contributed by atoms with Gasteiger partial charge in [0.05, 0.1) is 18.7 Å². The second-order valence-corrected chi connectivity index (χ2v) is 7.35. The minimum Gasteiger partial charge on any atom is -0.475 e. The van der Waals surface area contributed by atoms with E-state index in [-0.39, 0.29) is 30.4 Å². The zero-order valence-electron chi connectivity index (χ0n) is 19.0. The van der Waals surface area contributed by atoms with Crippen molar-refractivity contribution in [3.8, 4) is 23.0 Å². The number of hydrogen-bond donors (Lipinski definition) is 0. The molecule has 0 spiro atoms. The number of nitrogens with zero attached hydrogens (tertiary/aromatic N) is 4. The number of halogens is 3. The molecule has 7 nitrogen and oxygen atoms in total. The van der Waals surface area contributed by atoms with Crippen LogP contribution in [0.15, 0.2) is 55.0 Å². The van der Waals surface area contributed by atoms with Gasteiger partial charge < -0.3 is 14.4 Å². The molecule has 1 amide bonds. The van der Waals surface area contributed by atoms with Crippen molar-refractivity contribution < 1.29 is 27.4 Å². The van der Waals surface area contributed by atoms with Crippen LogP contribution in [0.2, 0.25) is 0 Å². The van der Waals surface area contributed by atoms with E-state index in [0.717, 1.165) is 12.3 Å². The van der Waals surface area contributed by atoms with Crippen molar-refractivity contribution in [2.24, 2.45) is 0 Å². The summed E-state index contributed by atoms with van der Waals surface area (Å²) in [5.74, 6) is -0.143. The van der Waals surface area contributed by atoms with Crippen LogP contribution in [-0.4, -0.2) is 52.1 Å². The summed E-state index contributed by atoms with van der Waals surface area (Å²) in [6.45, 7) is 4.26. The van der Waals surface area contributed by atoms with Gasteiger partial charge in [0.15, 0.2) is 0 Å². The number of carbonyl (C=O) groups excluding carboxylic acids is 1. The molecule has 1 atom stereocenters. The van der Waals surface area contributed by atoms with E-state index in [0.29, 0.717) is 29.7 Å². The third kappa shape index (κ3) is 5.81. The topological polar surface area (TPSA) is 77.4 Å². The van der Waals surface area contributed by atoms with Gasteiger partial charge in [-0.3, -0.25) is 4.79 Å². The van der Waals surface area contributed by atoms with Gasteiger partial charge in [-0.15, -0.1) is 0 Å². The molecule has 2 heterocycles. The maximum Gasteiger partial charge on any atom is 0.417 e. The van der Waals surface area contributed by atoms with E-state index in [1.54, 1.807) is 29.4 Å². The summed E-state index contributed by atoms with van der Waals surface area (Å²) in [5, 5.41) is 0. The van der Waals surface area contributed by atoms with E-state index in [9.17, 15) is 18.0 Å². The highest BCUT2D eigenvalue weighted by atomic mass is 19.4. The third-order valence-electron chi connectivity index (χ3n) is 5.28. The smallest absolute Gasteiger partial charge is 0.417 e. The Morgan fingerprint density at radius 1 is 1.03 bits per heavy atom. The number of carbonyl (C=O) groups is 1. The van der Waals surface area contributed by atoms with Gasteiger partial charge in [0.25, 0.3) is 5.91 Å². The normalized spacial score (nSPS) is 12.2. The molecule has 0 aliphatic rings. The molecule has 0 aliphatic carbocycles. The first-order valence-electron chi connectivity index (χ1n) is 10.7. The molecule has 10 heteroatoms. The van der Waals surface area contributed by atoms with Crippen LogP contribution in [0.3, 0.4) is 0 Å². The summed E-state index contributed by atoms with van der Waals surface area (Å²) in [6, 6.07) is 9.14. The number of aromatic nitrogens is 3. The minimum atomic E-state index is -4.47. The number of ether oxygens (including phenoxy) is 2. The lowest BCUT2D eigenvalue weighted by molar-refractivity contribution is -0.137. The van der Waals surface area contributed by atoms with Crippen molar-refractivity contribution in [1.82, 2.24) is 19.9 Å². The number of alkyl halides is 3. The fraction of sp³-hybridized carbons (Fsp3) is 0.333. The molecule has 3 aromatic rings. The molecule has 1 aromatic carbocycles. The molecule has 0 saturated carbocycles. The number of hydrogen-bond acceptors (Lipinski definition) is 6. The largest absolute Gasteiger partial charge is 0.475 e. The zero-order chi connectivity index (χ0) is 24.7. The lowest BCUT2D eigenvalue weighted by Crippen LogP contribution is -2.43. The molecule has 0 saturated heterocycles. The summed E-state index contributed by atoms with van der Waals surface area (Å²) in [5.41, 5.74) is 0.966. The van der Waals surface area contributed by atoms with E-state index in [2.05, 4.69) is 15.0 Å². The van der Waals surface area contributed by atoms with Gasteiger partial charge in [0, 0.05) is 42.3 Å². The van der Waals surface area contributed by atoms with Gasteiger partial charge in [-0.2, -0.15) is 13.2 Å². The van der Waals surface area contributed by atoms with Gasteiger partial charge in [0.2, 0.25) is 5.88 Å². The summed E-state index contributed by atoms with van der Waals surface area (Å²) in [4.78, 5) is 27.2. The maximum absolute atomic E-state index is 13.5. The molecule has 0 N–H and O–H groups in total. The van der Waals surface area contributed by atoms with Gasteiger partial charge >= 0.3 is 12.2 Å². The van der Waals surface area contributed by atoms with Crippen LogP contribution in [0, 0.1) is 0 Å². The van der Waals surface area contributed by atoms with E-state index in [1.165, 1.54) is 13.2 Å². The number of rotatable bonds is 9. The fourth-order valence-corrected chi connectivity index (χ4v) is 3.45. The molecular weight excluding hydrogens is 449 g/mol. The molecular formula is C24H25F3N4O3. The molecule has 180 valence electrons. The second kappa shape index (κ2) is 11.0. The molecule has 0 bridgehead atoms. The van der Waals surface area contributed by atoms with Crippen LogP contribution >= 0.6 is 0 Å². The standard InChI is InChI=1S/C24H25F3N4O3/c1-4-18(15-34-21-11-10-17(14-28-21)24(25,26)27)31(5-2)22(32)20-9-7-6-8-19(20)16-12-29-23(33-3)30-13-16/h6-14,18H,4-5,15H2,1-3H3/t18-/m0/s1. The molecule has 2 aromatic heterocycles. The molecule has 0 radical (unpaired) electrons. The van der Waals surface area contributed by atoms with Crippen molar-refractivity contribution in [3.63, 3.8) is 0 Å². The van der Waals surface area contributed by atoms with Crippen molar-refractivity contribution >= 4 is 5.91 Å². The Hall–Kier alpha value is -3.69. The quantitative estimate of drug-likeness (QED) is 0.440. The first-order chi connectivity index (χ1) is 16.3. The average molecular weight is 474 g/mol. The predicted octanol–water partition coefficient (Wildman–Crippen LogP) is 4.89. The van der Waals surface area contributed by atoms with E-state index in [4.69, 9.17) is 9.47 Å². The number of pyridine rings is 1. The average Bonchev–Trinajstić information content (AvgIpc) is 2.86. The highest BCUT2D eigenvalue weighted by Gasteiger charge is 2.31. The van der Waals surface area contributed by atoms with Crippen LogP contribution < -0.4 is 9.47 Å². The van der Waals surface area contributed by atoms with Gasteiger partial charge in [0.1, 0.15) is 6.61 Å². The summed E-state index contributed by atoms with van der Waals surface area (Å²) in [7, 11) is 1.47. The minimum absolute atomic E-state index is 0.0609. The van der Waals surface area contributed by atoms with Crippen molar-refractivity contribution in [2.45, 2.75) is 32.5 Å². The summed E-state index contributed by atoms with van der Waals surface area (Å²) >= 11 is 0. The Bertz CT molecular complexity index is 1090. The third-order valence-corrected chi connectivity index (χ3v) is 5.28. The summed E-state index contributed by atoms with van der Waals surface area (Å²) in [6.07, 6.45) is 0.0152. The highest BCUT2D eigenvalue weighted by Crippen LogP contribution is 2.29. The number of likely N-dealkylation sites (N-methyl/N-ethyl adjacent to an activating group) is 1. The Morgan fingerprint density at radius 2 is 1.74 bits per heavy atom. The van der Waals surface area contributed by atoms with E-state index in [1.807, 2.05) is 26.0 Å². The van der Waals surface area contributed by atoms with Gasteiger partial charge in [-0.25, -0.2) is 15.0 Å². The van der Waals surface area contributed by atoms with Gasteiger partial charge in [-0.05, 0) is 31.0 Å². The van der Waals surface area contributed by atoms with Crippen LogP contribution in [-0.2, 0) is 6.18 Å².